The highest BCUT2D eigenvalue weighted by molar-refractivity contribution is 5.81. The molecule has 9 heteroatoms. The quantitative estimate of drug-likeness (QED) is 0.412. The number of Topliss-reactive ketones (excluding diaryl/α,β-unsaturated/α-hetero) is 1. The van der Waals surface area contributed by atoms with Crippen molar-refractivity contribution in [1.82, 2.24) is 34.7 Å². The minimum atomic E-state index is -0.0496. The third-order valence-corrected chi connectivity index (χ3v) is 6.46. The minimum absolute atomic E-state index is 0.00577. The first-order valence-electron chi connectivity index (χ1n) is 11.7. The molecule has 1 saturated carbocycles. The van der Waals surface area contributed by atoms with Crippen LogP contribution in [0.3, 0.4) is 0 Å². The number of H-pyrrole nitrogens is 1. The summed E-state index contributed by atoms with van der Waals surface area (Å²) in [6, 6.07) is 11.7. The first-order valence-corrected chi connectivity index (χ1v) is 11.7. The molecule has 1 fully saturated rings. The molecule has 0 spiro atoms. The van der Waals surface area contributed by atoms with E-state index in [1.165, 1.54) is 0 Å². The van der Waals surface area contributed by atoms with Crippen LogP contribution in [0.2, 0.25) is 0 Å². The van der Waals surface area contributed by atoms with Crippen LogP contribution in [0, 0.1) is 5.92 Å². The molecule has 174 valence electrons. The minimum Gasteiger partial charge on any atom is -0.300 e. The molecule has 2 unspecified atom stereocenters. The first-order chi connectivity index (χ1) is 16.6. The third-order valence-electron chi connectivity index (χ3n) is 6.46. The molecule has 34 heavy (non-hydrogen) atoms. The maximum Gasteiger partial charge on any atom is 0.328 e. The van der Waals surface area contributed by atoms with Gasteiger partial charge in [0.15, 0.2) is 0 Å². The molecular weight excluding hydrogens is 430 g/mol. The SMILES string of the molecule is CCCCc1cn(C2CC2C(C)=O)c(=O)n1Cc1ccc(-c2ccccc2-c2nn[nH]n2)nc1. The highest BCUT2D eigenvalue weighted by Crippen LogP contribution is 2.43. The summed E-state index contributed by atoms with van der Waals surface area (Å²) in [6.45, 7) is 4.19. The molecule has 0 bridgehead atoms. The number of imidazole rings is 1. The van der Waals surface area contributed by atoms with Crippen molar-refractivity contribution in [2.45, 2.75) is 52.1 Å². The predicted octanol–water partition coefficient (Wildman–Crippen LogP) is 3.43. The number of carbonyl (C=O) groups excluding carboxylic acids is 1. The van der Waals surface area contributed by atoms with Gasteiger partial charge in [-0.2, -0.15) is 5.21 Å². The predicted molar refractivity (Wildman–Crippen MR) is 127 cm³/mol. The standard InChI is InChI=1S/C25H27N7O2/c1-3-4-7-18-15-32(23-12-21(23)16(2)33)25(34)31(18)14-17-10-11-22(26-13-17)19-8-5-6-9-20(19)24-27-29-30-28-24/h5-6,8-11,13,15,21,23H,3-4,7,12,14H2,1-2H3,(H,27,28,29,30). The van der Waals surface area contributed by atoms with Crippen LogP contribution >= 0.6 is 0 Å². The lowest BCUT2D eigenvalue weighted by Gasteiger charge is -2.09. The summed E-state index contributed by atoms with van der Waals surface area (Å²) < 4.78 is 3.59. The lowest BCUT2D eigenvalue weighted by atomic mass is 10.0. The van der Waals surface area contributed by atoms with Gasteiger partial charge in [-0.15, -0.1) is 10.2 Å². The lowest BCUT2D eigenvalue weighted by Crippen LogP contribution is -2.26. The van der Waals surface area contributed by atoms with Crippen LogP contribution in [0.1, 0.15) is 50.4 Å². The van der Waals surface area contributed by atoms with Gasteiger partial charge in [-0.25, -0.2) is 4.79 Å². The molecule has 3 heterocycles. The van der Waals surface area contributed by atoms with Gasteiger partial charge in [0.05, 0.1) is 12.2 Å². The number of aromatic nitrogens is 7. The Hall–Kier alpha value is -3.88. The molecular formula is C25H27N7O2. The van der Waals surface area contributed by atoms with E-state index in [0.717, 1.165) is 53.8 Å². The third kappa shape index (κ3) is 4.21. The Morgan fingerprint density at radius 2 is 2.00 bits per heavy atom. The van der Waals surface area contributed by atoms with Gasteiger partial charge in [-0.05, 0) is 43.0 Å². The van der Waals surface area contributed by atoms with E-state index in [-0.39, 0.29) is 23.4 Å². The van der Waals surface area contributed by atoms with Crippen LogP contribution in [0.5, 0.6) is 0 Å². The molecule has 1 aliphatic rings. The fraction of sp³-hybridized carbons (Fsp3) is 0.360. The average Bonchev–Trinajstić information content (AvgIpc) is 3.34. The van der Waals surface area contributed by atoms with Crippen molar-refractivity contribution in [3.8, 4) is 22.6 Å². The molecule has 1 N–H and O–H groups in total. The normalized spacial score (nSPS) is 17.1. The van der Waals surface area contributed by atoms with Crippen LogP contribution in [0.15, 0.2) is 53.6 Å². The molecule has 1 aromatic carbocycles. The van der Waals surface area contributed by atoms with E-state index >= 15 is 0 Å². The summed E-state index contributed by atoms with van der Waals surface area (Å²) in [7, 11) is 0. The number of pyridine rings is 1. The zero-order valence-electron chi connectivity index (χ0n) is 19.3. The molecule has 1 aliphatic carbocycles. The number of nitrogens with zero attached hydrogens (tertiary/aromatic N) is 6. The van der Waals surface area contributed by atoms with Crippen LogP contribution in [0.25, 0.3) is 22.6 Å². The monoisotopic (exact) mass is 457 g/mol. The summed E-state index contributed by atoms with van der Waals surface area (Å²) in [5, 5.41) is 14.3. The molecule has 0 radical (unpaired) electrons. The van der Waals surface area contributed by atoms with Gasteiger partial charge in [-0.3, -0.25) is 18.9 Å². The molecule has 5 rings (SSSR count). The first kappa shape index (κ1) is 21.9. The van der Waals surface area contributed by atoms with Gasteiger partial charge >= 0.3 is 5.69 Å². The number of aryl methyl sites for hydroxylation is 1. The smallest absolute Gasteiger partial charge is 0.300 e. The molecule has 0 saturated heterocycles. The summed E-state index contributed by atoms with van der Waals surface area (Å²) in [6.07, 6.45) is 7.41. The molecule has 0 aliphatic heterocycles. The van der Waals surface area contributed by atoms with Gasteiger partial charge in [0.25, 0.3) is 0 Å². The number of rotatable bonds is 9. The van der Waals surface area contributed by atoms with E-state index in [2.05, 4.69) is 32.5 Å². The summed E-state index contributed by atoms with van der Waals surface area (Å²) in [5.74, 6) is 0.632. The number of nitrogens with one attached hydrogen (secondary N) is 1. The Kier molecular flexibility index (Phi) is 5.91. The fourth-order valence-corrected chi connectivity index (χ4v) is 4.48. The number of benzene rings is 1. The number of carbonyl (C=O) groups is 1. The van der Waals surface area contributed by atoms with E-state index < -0.39 is 0 Å². The van der Waals surface area contributed by atoms with Crippen molar-refractivity contribution in [3.63, 3.8) is 0 Å². The second-order valence-electron chi connectivity index (χ2n) is 8.85. The largest absolute Gasteiger partial charge is 0.328 e. The van der Waals surface area contributed by atoms with Gasteiger partial charge in [0, 0.05) is 41.2 Å². The van der Waals surface area contributed by atoms with Crippen molar-refractivity contribution in [2.75, 3.05) is 0 Å². The van der Waals surface area contributed by atoms with E-state index in [1.807, 2.05) is 53.4 Å². The maximum atomic E-state index is 13.2. The van der Waals surface area contributed by atoms with E-state index in [0.29, 0.717) is 12.4 Å². The lowest BCUT2D eigenvalue weighted by molar-refractivity contribution is -0.118. The Bertz CT molecular complexity index is 1350. The molecule has 3 aromatic heterocycles. The maximum absolute atomic E-state index is 13.2. The highest BCUT2D eigenvalue weighted by atomic mass is 16.2. The second kappa shape index (κ2) is 9.17. The van der Waals surface area contributed by atoms with Crippen LogP contribution < -0.4 is 5.69 Å². The Labute approximate surface area is 196 Å². The van der Waals surface area contributed by atoms with E-state index in [1.54, 1.807) is 11.5 Å². The van der Waals surface area contributed by atoms with Gasteiger partial charge in [-0.1, -0.05) is 43.7 Å². The van der Waals surface area contributed by atoms with Crippen LogP contribution in [-0.2, 0) is 17.8 Å². The molecule has 2 atom stereocenters. The highest BCUT2D eigenvalue weighted by Gasteiger charge is 2.43. The average molecular weight is 458 g/mol. The van der Waals surface area contributed by atoms with Gasteiger partial charge in [0.2, 0.25) is 5.82 Å². The van der Waals surface area contributed by atoms with E-state index in [4.69, 9.17) is 0 Å². The van der Waals surface area contributed by atoms with Crippen molar-refractivity contribution in [1.29, 1.82) is 0 Å². The fourth-order valence-electron chi connectivity index (χ4n) is 4.48. The number of hydrogen-bond acceptors (Lipinski definition) is 6. The molecule has 9 nitrogen and oxygen atoms in total. The van der Waals surface area contributed by atoms with Crippen molar-refractivity contribution < 1.29 is 4.79 Å². The van der Waals surface area contributed by atoms with Crippen LogP contribution in [0.4, 0.5) is 0 Å². The topological polar surface area (TPSA) is 111 Å². The van der Waals surface area contributed by atoms with Crippen molar-refractivity contribution >= 4 is 5.78 Å². The zero-order valence-corrected chi connectivity index (χ0v) is 19.3. The second-order valence-corrected chi connectivity index (χ2v) is 8.85. The number of tetrazole rings is 1. The number of ketones is 1. The Morgan fingerprint density at radius 1 is 1.18 bits per heavy atom. The summed E-state index contributed by atoms with van der Waals surface area (Å²) in [5.41, 5.74) is 4.45. The summed E-state index contributed by atoms with van der Waals surface area (Å²) >= 11 is 0. The van der Waals surface area contributed by atoms with Crippen molar-refractivity contribution in [3.05, 3.63) is 70.5 Å². The molecule has 0 amide bonds. The number of hydrogen-bond donors (Lipinski definition) is 1. The van der Waals surface area contributed by atoms with Gasteiger partial charge < -0.3 is 0 Å². The number of unbranched alkanes of at least 4 members (excludes halogenated alkanes) is 1. The Balaban J connectivity index is 1.42. The summed E-state index contributed by atoms with van der Waals surface area (Å²) in [4.78, 5) is 29.7. The van der Waals surface area contributed by atoms with E-state index in [9.17, 15) is 9.59 Å². The molecule has 4 aromatic rings. The zero-order chi connectivity index (χ0) is 23.7. The van der Waals surface area contributed by atoms with Crippen LogP contribution in [-0.4, -0.2) is 40.5 Å². The van der Waals surface area contributed by atoms with Gasteiger partial charge in [0.1, 0.15) is 5.78 Å². The van der Waals surface area contributed by atoms with Crippen molar-refractivity contribution in [2.24, 2.45) is 5.92 Å². The number of aromatic amines is 1. The Morgan fingerprint density at radius 3 is 2.65 bits per heavy atom.